The summed E-state index contributed by atoms with van der Waals surface area (Å²) in [7, 11) is 0. The van der Waals surface area contributed by atoms with Gasteiger partial charge in [-0.2, -0.15) is 0 Å². The molecule has 0 unspecified atom stereocenters. The van der Waals surface area contributed by atoms with Crippen molar-refractivity contribution in [2.24, 2.45) is 5.73 Å². The van der Waals surface area contributed by atoms with Gasteiger partial charge in [0.25, 0.3) is 0 Å². The number of halogens is 1. The van der Waals surface area contributed by atoms with Gasteiger partial charge in [-0.15, -0.1) is 11.3 Å². The lowest BCUT2D eigenvalue weighted by Gasteiger charge is -2.08. The molecule has 0 saturated heterocycles. The summed E-state index contributed by atoms with van der Waals surface area (Å²) < 4.78 is 18.4. The molecule has 0 amide bonds. The van der Waals surface area contributed by atoms with Gasteiger partial charge in [0.05, 0.1) is 12.8 Å². The van der Waals surface area contributed by atoms with Crippen molar-refractivity contribution in [1.82, 2.24) is 4.98 Å². The second kappa shape index (κ2) is 5.75. The van der Waals surface area contributed by atoms with Crippen LogP contribution in [0.1, 0.15) is 10.4 Å². The Kier molecular flexibility index (Phi) is 4.06. The summed E-state index contributed by atoms with van der Waals surface area (Å²) in [4.78, 5) is 5.15. The predicted octanol–water partition coefficient (Wildman–Crippen LogP) is 2.36. The molecule has 2 N–H and O–H groups in total. The molecule has 0 atom stereocenters. The average molecular weight is 252 g/mol. The number of hydrogen-bond donors (Lipinski definition) is 1. The molecule has 2 aromatic rings. The number of thiophene rings is 1. The van der Waals surface area contributed by atoms with Crippen LogP contribution in [0.25, 0.3) is 0 Å². The highest BCUT2D eigenvalue weighted by Crippen LogP contribution is 2.16. The van der Waals surface area contributed by atoms with Gasteiger partial charge in [-0.05, 0) is 17.5 Å². The summed E-state index contributed by atoms with van der Waals surface area (Å²) in [6, 6.07) is 5.41. The first-order valence-corrected chi connectivity index (χ1v) is 6.17. The highest BCUT2D eigenvalue weighted by molar-refractivity contribution is 7.09. The van der Waals surface area contributed by atoms with Gasteiger partial charge in [0.1, 0.15) is 5.82 Å². The van der Waals surface area contributed by atoms with Crippen LogP contribution in [0.2, 0.25) is 0 Å². The van der Waals surface area contributed by atoms with Crippen LogP contribution in [-0.4, -0.2) is 11.6 Å². The molecule has 0 saturated carbocycles. The zero-order valence-corrected chi connectivity index (χ0v) is 10.0. The van der Waals surface area contributed by atoms with Gasteiger partial charge in [0.15, 0.2) is 0 Å². The monoisotopic (exact) mass is 252 g/mol. The summed E-state index contributed by atoms with van der Waals surface area (Å²) in [6.07, 6.45) is 1.96. The topological polar surface area (TPSA) is 48.1 Å². The molecule has 0 fully saturated rings. The Morgan fingerprint density at radius 2 is 2.35 bits per heavy atom. The fraction of sp³-hybridized carbons (Fsp3) is 0.250. The van der Waals surface area contributed by atoms with Crippen LogP contribution in [0.15, 0.2) is 29.8 Å². The van der Waals surface area contributed by atoms with Gasteiger partial charge in [-0.3, -0.25) is 0 Å². The maximum Gasteiger partial charge on any atom is 0.218 e. The fourth-order valence-corrected chi connectivity index (χ4v) is 2.14. The quantitative estimate of drug-likeness (QED) is 0.888. The Morgan fingerprint density at radius 1 is 1.47 bits per heavy atom. The van der Waals surface area contributed by atoms with E-state index in [1.807, 2.05) is 11.4 Å². The van der Waals surface area contributed by atoms with Gasteiger partial charge in [0, 0.05) is 23.4 Å². The zero-order chi connectivity index (χ0) is 12.1. The molecule has 0 aliphatic heterocycles. The number of nitrogens with zero attached hydrogens (tertiary/aromatic N) is 1. The first kappa shape index (κ1) is 12.0. The lowest BCUT2D eigenvalue weighted by Crippen LogP contribution is -2.07. The third kappa shape index (κ3) is 3.25. The zero-order valence-electron chi connectivity index (χ0n) is 9.23. The van der Waals surface area contributed by atoms with Crippen LogP contribution < -0.4 is 10.5 Å². The number of rotatable bonds is 5. The number of nitrogens with two attached hydrogens (primary N) is 1. The molecule has 2 rings (SSSR count). The van der Waals surface area contributed by atoms with Crippen molar-refractivity contribution >= 4 is 11.3 Å². The van der Waals surface area contributed by atoms with E-state index in [0.29, 0.717) is 18.1 Å². The minimum Gasteiger partial charge on any atom is -0.477 e. The first-order chi connectivity index (χ1) is 8.29. The third-order valence-corrected chi connectivity index (χ3v) is 3.22. The maximum atomic E-state index is 12.9. The van der Waals surface area contributed by atoms with Crippen LogP contribution in [0.3, 0.4) is 0 Å². The highest BCUT2D eigenvalue weighted by Gasteiger charge is 2.05. The van der Waals surface area contributed by atoms with Crippen LogP contribution in [0, 0.1) is 5.82 Å². The summed E-state index contributed by atoms with van der Waals surface area (Å²) >= 11 is 1.69. The second-order valence-corrected chi connectivity index (χ2v) is 4.53. The Bertz CT molecular complexity index is 473. The lowest BCUT2D eigenvalue weighted by molar-refractivity contribution is 0.306. The molecule has 0 aliphatic rings. The Labute approximate surface area is 103 Å². The van der Waals surface area contributed by atoms with Gasteiger partial charge in [-0.25, -0.2) is 9.37 Å². The van der Waals surface area contributed by atoms with Crippen molar-refractivity contribution in [2.75, 3.05) is 6.61 Å². The summed E-state index contributed by atoms with van der Waals surface area (Å²) in [5.74, 6) is 0.0292. The second-order valence-electron chi connectivity index (χ2n) is 3.50. The van der Waals surface area contributed by atoms with Crippen molar-refractivity contribution in [3.05, 3.63) is 46.0 Å². The van der Waals surface area contributed by atoms with E-state index in [-0.39, 0.29) is 6.54 Å². The van der Waals surface area contributed by atoms with Crippen LogP contribution in [-0.2, 0) is 13.0 Å². The highest BCUT2D eigenvalue weighted by atomic mass is 32.1. The Morgan fingerprint density at radius 3 is 3.06 bits per heavy atom. The van der Waals surface area contributed by atoms with E-state index in [0.717, 1.165) is 12.6 Å². The van der Waals surface area contributed by atoms with Gasteiger partial charge in [-0.1, -0.05) is 6.07 Å². The SMILES string of the molecule is NCc1cc(F)cnc1OCCc1cccs1. The molecule has 3 nitrogen and oxygen atoms in total. The number of pyridine rings is 1. The van der Waals surface area contributed by atoms with Gasteiger partial charge >= 0.3 is 0 Å². The largest absolute Gasteiger partial charge is 0.477 e. The van der Waals surface area contributed by atoms with E-state index in [2.05, 4.69) is 11.1 Å². The summed E-state index contributed by atoms with van der Waals surface area (Å²) in [6.45, 7) is 0.741. The molecule has 2 aromatic heterocycles. The molecule has 0 bridgehead atoms. The van der Waals surface area contributed by atoms with E-state index < -0.39 is 5.82 Å². The number of hydrogen-bond acceptors (Lipinski definition) is 4. The van der Waals surface area contributed by atoms with E-state index in [9.17, 15) is 4.39 Å². The fourth-order valence-electron chi connectivity index (χ4n) is 1.45. The molecule has 0 spiro atoms. The van der Waals surface area contributed by atoms with Crippen molar-refractivity contribution < 1.29 is 9.13 Å². The molecular weight excluding hydrogens is 239 g/mol. The standard InChI is InChI=1S/C12H13FN2OS/c13-10-6-9(7-14)12(15-8-10)16-4-3-11-2-1-5-17-11/h1-2,5-6,8H,3-4,7,14H2. The molecule has 0 aromatic carbocycles. The molecule has 90 valence electrons. The van der Waals surface area contributed by atoms with Crippen molar-refractivity contribution in [3.8, 4) is 5.88 Å². The van der Waals surface area contributed by atoms with Gasteiger partial charge < -0.3 is 10.5 Å². The van der Waals surface area contributed by atoms with Crippen molar-refractivity contribution in [2.45, 2.75) is 13.0 Å². The summed E-state index contributed by atoms with van der Waals surface area (Å²) in [5, 5.41) is 2.02. The Balaban J connectivity index is 1.94. The third-order valence-electron chi connectivity index (χ3n) is 2.28. The minimum absolute atomic E-state index is 0.221. The molecule has 2 heterocycles. The van der Waals surface area contributed by atoms with Crippen LogP contribution in [0.4, 0.5) is 4.39 Å². The Hall–Kier alpha value is -1.46. The normalized spacial score (nSPS) is 10.5. The predicted molar refractivity (Wildman–Crippen MR) is 65.6 cm³/mol. The molecule has 5 heteroatoms. The minimum atomic E-state index is -0.393. The smallest absolute Gasteiger partial charge is 0.218 e. The van der Waals surface area contributed by atoms with Crippen LogP contribution in [0.5, 0.6) is 5.88 Å². The lowest BCUT2D eigenvalue weighted by atomic mass is 10.2. The van der Waals surface area contributed by atoms with E-state index in [1.165, 1.54) is 10.9 Å². The number of aromatic nitrogens is 1. The molecule has 17 heavy (non-hydrogen) atoms. The van der Waals surface area contributed by atoms with Gasteiger partial charge in [0.2, 0.25) is 5.88 Å². The van der Waals surface area contributed by atoms with Crippen molar-refractivity contribution in [1.29, 1.82) is 0 Å². The van der Waals surface area contributed by atoms with Crippen LogP contribution >= 0.6 is 11.3 Å². The number of ether oxygens (including phenoxy) is 1. The average Bonchev–Trinajstić information content (AvgIpc) is 2.84. The maximum absolute atomic E-state index is 12.9. The first-order valence-electron chi connectivity index (χ1n) is 5.29. The molecule has 0 radical (unpaired) electrons. The summed E-state index contributed by atoms with van der Waals surface area (Å²) in [5.41, 5.74) is 6.09. The van der Waals surface area contributed by atoms with E-state index >= 15 is 0 Å². The van der Waals surface area contributed by atoms with E-state index in [4.69, 9.17) is 10.5 Å². The van der Waals surface area contributed by atoms with Crippen molar-refractivity contribution in [3.63, 3.8) is 0 Å². The molecular formula is C12H13FN2OS. The van der Waals surface area contributed by atoms with E-state index in [1.54, 1.807) is 11.3 Å². The molecule has 0 aliphatic carbocycles.